The van der Waals surface area contributed by atoms with Crippen LogP contribution in [0.2, 0.25) is 0 Å². The number of dihydropyridines is 2. The lowest BCUT2D eigenvalue weighted by molar-refractivity contribution is 0.482. The Morgan fingerprint density at radius 2 is 1.80 bits per heavy atom. The molecule has 3 aliphatic rings. The molecule has 0 spiro atoms. The van der Waals surface area contributed by atoms with Gasteiger partial charge in [-0.3, -0.25) is 15.4 Å². The molecule has 6 heteroatoms. The van der Waals surface area contributed by atoms with E-state index in [1.165, 1.54) is 0 Å². The second-order valence-electron chi connectivity index (χ2n) is 7.85. The molecule has 0 saturated heterocycles. The molecule has 0 aromatic heterocycles. The van der Waals surface area contributed by atoms with Gasteiger partial charge in [0.25, 0.3) is 0 Å². The summed E-state index contributed by atoms with van der Waals surface area (Å²) in [5, 5.41) is 8.26. The lowest BCUT2D eigenvalue weighted by Gasteiger charge is -2.23. The summed E-state index contributed by atoms with van der Waals surface area (Å²) in [6.07, 6.45) is 7.71. The highest BCUT2D eigenvalue weighted by Gasteiger charge is 2.71. The first-order valence-electron chi connectivity index (χ1n) is 10.00. The summed E-state index contributed by atoms with van der Waals surface area (Å²) in [5.41, 5.74) is 14.4. The third-order valence-corrected chi connectivity index (χ3v) is 6.11. The fourth-order valence-electron chi connectivity index (χ4n) is 4.54. The van der Waals surface area contributed by atoms with Crippen molar-refractivity contribution in [3.8, 4) is 11.5 Å². The number of para-hydroxylation sites is 1. The van der Waals surface area contributed by atoms with Gasteiger partial charge in [-0.05, 0) is 42.0 Å². The van der Waals surface area contributed by atoms with Gasteiger partial charge in [-0.1, -0.05) is 36.4 Å². The first-order chi connectivity index (χ1) is 14.6. The van der Waals surface area contributed by atoms with Crippen molar-refractivity contribution in [2.75, 3.05) is 6.54 Å². The first-order valence-corrected chi connectivity index (χ1v) is 10.00. The largest absolute Gasteiger partial charge is 0.457 e. The summed E-state index contributed by atoms with van der Waals surface area (Å²) in [7, 11) is 0. The maximum absolute atomic E-state index is 8.26. The predicted octanol–water partition coefficient (Wildman–Crippen LogP) is 3.42. The van der Waals surface area contributed by atoms with Crippen LogP contribution >= 0.6 is 0 Å². The Morgan fingerprint density at radius 1 is 1.07 bits per heavy atom. The number of nitrogens with one attached hydrogen (secondary N) is 1. The highest BCUT2D eigenvalue weighted by atomic mass is 16.5. The van der Waals surface area contributed by atoms with Gasteiger partial charge in [-0.2, -0.15) is 0 Å². The Balaban J connectivity index is 1.42. The van der Waals surface area contributed by atoms with Crippen LogP contribution in [-0.4, -0.2) is 30.3 Å². The van der Waals surface area contributed by atoms with E-state index in [2.05, 4.69) is 11.1 Å². The number of nitrogens with zero attached hydrogens (tertiary/aromatic N) is 2. The van der Waals surface area contributed by atoms with Crippen LogP contribution in [0.5, 0.6) is 11.5 Å². The fraction of sp³-hybridized carbons (Fsp3) is 0.208. The minimum Gasteiger partial charge on any atom is -0.457 e. The Kier molecular flexibility index (Phi) is 4.28. The van der Waals surface area contributed by atoms with Crippen LogP contribution in [0.25, 0.3) is 0 Å². The van der Waals surface area contributed by atoms with E-state index in [0.717, 1.165) is 22.8 Å². The minimum atomic E-state index is -0.729. The molecule has 5 rings (SSSR count). The third-order valence-electron chi connectivity index (χ3n) is 6.11. The van der Waals surface area contributed by atoms with Crippen LogP contribution in [-0.2, 0) is 0 Å². The molecule has 1 saturated carbocycles. The third kappa shape index (κ3) is 2.84. The quantitative estimate of drug-likeness (QED) is 0.531. The molecule has 0 amide bonds. The molecule has 30 heavy (non-hydrogen) atoms. The Morgan fingerprint density at radius 3 is 2.47 bits per heavy atom. The normalized spacial score (nSPS) is 28.9. The van der Waals surface area contributed by atoms with E-state index < -0.39 is 5.41 Å². The van der Waals surface area contributed by atoms with Crippen LogP contribution in [0.1, 0.15) is 11.5 Å². The lowest BCUT2D eigenvalue weighted by atomic mass is 9.90. The molecule has 0 radical (unpaired) electrons. The van der Waals surface area contributed by atoms with Gasteiger partial charge in [-0.25, -0.2) is 0 Å². The molecule has 2 aromatic rings. The Bertz CT molecular complexity index is 1100. The van der Waals surface area contributed by atoms with Crippen molar-refractivity contribution in [1.29, 1.82) is 5.41 Å². The van der Waals surface area contributed by atoms with E-state index >= 15 is 0 Å². The van der Waals surface area contributed by atoms with Crippen LogP contribution in [0.4, 0.5) is 0 Å². The smallest absolute Gasteiger partial charge is 0.127 e. The molecule has 1 fully saturated rings. The molecule has 0 bridgehead atoms. The number of ether oxygens (including phenoxy) is 1. The molecular formula is C24H23N5O. The number of fused-ring (bicyclic) bond motifs is 1. The Hall–Kier alpha value is -3.67. The average molecular weight is 397 g/mol. The van der Waals surface area contributed by atoms with E-state index in [9.17, 15) is 0 Å². The van der Waals surface area contributed by atoms with E-state index in [-0.39, 0.29) is 23.7 Å². The highest BCUT2D eigenvalue weighted by molar-refractivity contribution is 6.05. The molecule has 2 heterocycles. The van der Waals surface area contributed by atoms with Gasteiger partial charge in [0.1, 0.15) is 17.3 Å². The number of amidine groups is 1. The number of hydrogen-bond donors (Lipinski definition) is 3. The van der Waals surface area contributed by atoms with Crippen molar-refractivity contribution in [1.82, 2.24) is 0 Å². The first kappa shape index (κ1) is 18.4. The summed E-state index contributed by atoms with van der Waals surface area (Å²) in [4.78, 5) is 9.28. The van der Waals surface area contributed by atoms with Gasteiger partial charge in [0.15, 0.2) is 0 Å². The highest BCUT2D eigenvalue weighted by Crippen LogP contribution is 2.65. The second-order valence-corrected chi connectivity index (χ2v) is 7.85. The molecule has 5 N–H and O–H groups in total. The number of hydrogen-bond acceptors (Lipinski definition) is 5. The number of aliphatic imine (C=N–C) groups is 2. The van der Waals surface area contributed by atoms with E-state index in [1.54, 1.807) is 6.21 Å². The summed E-state index contributed by atoms with van der Waals surface area (Å²) in [6, 6.07) is 17.4. The van der Waals surface area contributed by atoms with Crippen molar-refractivity contribution < 1.29 is 4.74 Å². The topological polar surface area (TPSA) is 110 Å². The zero-order valence-corrected chi connectivity index (χ0v) is 16.4. The number of allylic oxidation sites excluding steroid dienone is 2. The van der Waals surface area contributed by atoms with Crippen LogP contribution < -0.4 is 16.2 Å². The molecule has 2 aliphatic heterocycles. The van der Waals surface area contributed by atoms with Gasteiger partial charge >= 0.3 is 0 Å². The number of rotatable bonds is 5. The average Bonchev–Trinajstić information content (AvgIpc) is 3.47. The van der Waals surface area contributed by atoms with Crippen molar-refractivity contribution in [3.05, 3.63) is 84.1 Å². The zero-order valence-electron chi connectivity index (χ0n) is 16.4. The Labute approximate surface area is 175 Å². The van der Waals surface area contributed by atoms with E-state index in [4.69, 9.17) is 26.6 Å². The van der Waals surface area contributed by atoms with Crippen LogP contribution in [0.15, 0.2) is 88.5 Å². The molecule has 2 aromatic carbocycles. The van der Waals surface area contributed by atoms with Crippen molar-refractivity contribution in [2.45, 2.75) is 12.0 Å². The molecule has 6 nitrogen and oxygen atoms in total. The summed E-state index contributed by atoms with van der Waals surface area (Å²) in [5.74, 6) is 1.67. The summed E-state index contributed by atoms with van der Waals surface area (Å²) >= 11 is 0. The molecule has 4 unspecified atom stereocenters. The van der Waals surface area contributed by atoms with Gasteiger partial charge in [-0.15, -0.1) is 0 Å². The summed E-state index contributed by atoms with van der Waals surface area (Å²) in [6.45, 7) is 0.662. The van der Waals surface area contributed by atoms with E-state index in [1.807, 2.05) is 66.7 Å². The maximum atomic E-state index is 8.26. The predicted molar refractivity (Wildman–Crippen MR) is 120 cm³/mol. The minimum absolute atomic E-state index is 0.0504. The van der Waals surface area contributed by atoms with Gasteiger partial charge in [0, 0.05) is 29.5 Å². The molecular weight excluding hydrogens is 374 g/mol. The van der Waals surface area contributed by atoms with Gasteiger partial charge in [0.05, 0.1) is 18.0 Å². The molecule has 1 aliphatic carbocycles. The van der Waals surface area contributed by atoms with Crippen molar-refractivity contribution in [2.24, 2.45) is 32.8 Å². The SMILES string of the molecule is N=C(N)C12C(N)=CC(C3C=CC=NC3)=NC1C2c1ccc(Oc2ccccc2)cc1. The monoisotopic (exact) mass is 397 g/mol. The van der Waals surface area contributed by atoms with Crippen LogP contribution in [0.3, 0.4) is 0 Å². The van der Waals surface area contributed by atoms with Crippen LogP contribution in [0, 0.1) is 16.7 Å². The molecule has 150 valence electrons. The number of benzene rings is 2. The van der Waals surface area contributed by atoms with Gasteiger partial charge < -0.3 is 16.2 Å². The fourth-order valence-corrected chi connectivity index (χ4v) is 4.54. The second kappa shape index (κ2) is 6.99. The zero-order chi connectivity index (χ0) is 20.7. The standard InChI is InChI=1S/C24H23N5O/c25-20-13-19(16-5-4-12-28-14-16)29-22-21(24(20,22)23(26)27)15-8-10-18(11-9-15)30-17-6-2-1-3-7-17/h1-13,16,21-22H,14,25H2,(H3,26,27). The van der Waals surface area contributed by atoms with Gasteiger partial charge in [0.2, 0.25) is 0 Å². The van der Waals surface area contributed by atoms with Crippen molar-refractivity contribution in [3.63, 3.8) is 0 Å². The summed E-state index contributed by atoms with van der Waals surface area (Å²) < 4.78 is 5.89. The maximum Gasteiger partial charge on any atom is 0.127 e. The molecule has 4 atom stereocenters. The van der Waals surface area contributed by atoms with Crippen molar-refractivity contribution >= 4 is 17.8 Å². The lowest BCUT2D eigenvalue weighted by Crippen LogP contribution is -2.36. The number of nitrogens with two attached hydrogens (primary N) is 2. The van der Waals surface area contributed by atoms with E-state index in [0.29, 0.717) is 12.2 Å².